The van der Waals surface area contributed by atoms with Crippen molar-refractivity contribution in [2.75, 3.05) is 6.54 Å². The van der Waals surface area contributed by atoms with Crippen LogP contribution in [0.1, 0.15) is 25.2 Å². The highest BCUT2D eigenvalue weighted by Gasteiger charge is 2.23. The second-order valence-electron chi connectivity index (χ2n) is 5.05. The molecule has 0 radical (unpaired) electrons. The van der Waals surface area contributed by atoms with E-state index in [2.05, 4.69) is 15.0 Å². The summed E-state index contributed by atoms with van der Waals surface area (Å²) in [5.41, 5.74) is 0.938. The fourth-order valence-electron chi connectivity index (χ4n) is 2.56. The van der Waals surface area contributed by atoms with E-state index in [9.17, 15) is 4.79 Å². The third-order valence-electron chi connectivity index (χ3n) is 3.66. The molecule has 1 aromatic heterocycles. The van der Waals surface area contributed by atoms with Crippen LogP contribution < -0.4 is 0 Å². The number of piperidine rings is 1. The van der Waals surface area contributed by atoms with E-state index in [1.54, 1.807) is 0 Å². The Hall–Kier alpha value is -2.01. The first kappa shape index (κ1) is 13.0. The Labute approximate surface area is 117 Å². The molecule has 0 bridgehead atoms. The fourth-order valence-corrected chi connectivity index (χ4v) is 2.56. The highest BCUT2D eigenvalue weighted by Crippen LogP contribution is 2.19. The Morgan fingerprint density at radius 3 is 2.95 bits per heavy atom. The van der Waals surface area contributed by atoms with Gasteiger partial charge in [0, 0.05) is 5.56 Å². The van der Waals surface area contributed by atoms with Gasteiger partial charge in [-0.2, -0.15) is 4.98 Å². The van der Waals surface area contributed by atoms with Gasteiger partial charge in [-0.05, 0) is 19.4 Å². The summed E-state index contributed by atoms with van der Waals surface area (Å²) >= 11 is 0. The molecule has 2 heterocycles. The number of carbonyl (C=O) groups excluding carboxylic acids is 1. The monoisotopic (exact) mass is 271 g/mol. The molecule has 1 unspecified atom stereocenters. The van der Waals surface area contributed by atoms with Gasteiger partial charge in [0.05, 0.1) is 12.6 Å². The molecule has 1 saturated heterocycles. The molecule has 1 aliphatic rings. The first-order chi connectivity index (χ1) is 9.86. The maximum absolute atomic E-state index is 11.1. The lowest BCUT2D eigenvalue weighted by atomic mass is 10.0. The quantitative estimate of drug-likeness (QED) is 0.798. The van der Waals surface area contributed by atoms with E-state index in [4.69, 9.17) is 4.52 Å². The zero-order chi connectivity index (χ0) is 13.8. The molecule has 104 valence electrons. The van der Waals surface area contributed by atoms with Crippen LogP contribution in [0.2, 0.25) is 0 Å². The maximum atomic E-state index is 11.1. The molecule has 0 saturated carbocycles. The third kappa shape index (κ3) is 2.77. The lowest BCUT2D eigenvalue weighted by molar-refractivity contribution is -0.113. The number of likely N-dealkylation sites (tertiary alicyclic amines) is 1. The number of carbonyl (C=O) groups is 1. The molecule has 0 spiro atoms. The average molecular weight is 271 g/mol. The standard InChI is InChI=1S/C15H17N3O2/c19-11-13-8-4-5-9-18(13)10-14-16-15(17-20-14)12-6-2-1-3-7-12/h1-3,6-7,11,13H,4-5,8-10H2. The Kier molecular flexibility index (Phi) is 3.87. The van der Waals surface area contributed by atoms with Gasteiger partial charge in [-0.3, -0.25) is 4.90 Å². The minimum atomic E-state index is -0.0178. The summed E-state index contributed by atoms with van der Waals surface area (Å²) in [7, 11) is 0. The smallest absolute Gasteiger partial charge is 0.241 e. The van der Waals surface area contributed by atoms with Crippen molar-refractivity contribution in [1.82, 2.24) is 15.0 Å². The summed E-state index contributed by atoms with van der Waals surface area (Å²) in [5.74, 6) is 1.16. The Morgan fingerprint density at radius 1 is 1.30 bits per heavy atom. The van der Waals surface area contributed by atoms with Gasteiger partial charge in [0.1, 0.15) is 6.29 Å². The number of aldehydes is 1. The molecular formula is C15H17N3O2. The molecule has 20 heavy (non-hydrogen) atoms. The molecule has 1 atom stereocenters. The first-order valence-electron chi connectivity index (χ1n) is 6.94. The van der Waals surface area contributed by atoms with Crippen molar-refractivity contribution >= 4 is 6.29 Å². The average Bonchev–Trinajstić information content (AvgIpc) is 2.97. The Morgan fingerprint density at radius 2 is 2.15 bits per heavy atom. The summed E-state index contributed by atoms with van der Waals surface area (Å²) in [4.78, 5) is 17.6. The summed E-state index contributed by atoms with van der Waals surface area (Å²) in [6, 6.07) is 9.72. The number of benzene rings is 1. The minimum absolute atomic E-state index is 0.0178. The fraction of sp³-hybridized carbons (Fsp3) is 0.400. The SMILES string of the molecule is O=CC1CCCCN1Cc1nc(-c2ccccc2)no1. The van der Waals surface area contributed by atoms with Gasteiger partial charge in [0.15, 0.2) is 0 Å². The number of aromatic nitrogens is 2. The van der Waals surface area contributed by atoms with Crippen LogP contribution >= 0.6 is 0 Å². The molecule has 0 N–H and O–H groups in total. The van der Waals surface area contributed by atoms with Gasteiger partial charge >= 0.3 is 0 Å². The van der Waals surface area contributed by atoms with Crippen molar-refractivity contribution in [3.8, 4) is 11.4 Å². The topological polar surface area (TPSA) is 59.2 Å². The molecule has 3 rings (SSSR count). The van der Waals surface area contributed by atoms with Gasteiger partial charge in [0.25, 0.3) is 0 Å². The van der Waals surface area contributed by atoms with Crippen LogP contribution in [-0.4, -0.2) is 33.9 Å². The number of nitrogens with zero attached hydrogens (tertiary/aromatic N) is 3. The number of rotatable bonds is 4. The van der Waals surface area contributed by atoms with Gasteiger partial charge < -0.3 is 9.32 Å². The third-order valence-corrected chi connectivity index (χ3v) is 3.66. The summed E-state index contributed by atoms with van der Waals surface area (Å²) in [6.07, 6.45) is 4.17. The molecule has 1 fully saturated rings. The van der Waals surface area contributed by atoms with Gasteiger partial charge in [-0.15, -0.1) is 0 Å². The summed E-state index contributed by atoms with van der Waals surface area (Å²) in [5, 5.41) is 4.00. The van der Waals surface area contributed by atoms with E-state index < -0.39 is 0 Å². The molecule has 2 aromatic rings. The normalized spacial score (nSPS) is 19.9. The number of hydrogen-bond donors (Lipinski definition) is 0. The molecule has 5 heteroatoms. The highest BCUT2D eigenvalue weighted by atomic mass is 16.5. The van der Waals surface area contributed by atoms with Crippen LogP contribution in [0.3, 0.4) is 0 Å². The van der Waals surface area contributed by atoms with E-state index in [1.165, 1.54) is 0 Å². The lowest BCUT2D eigenvalue weighted by Crippen LogP contribution is -2.39. The van der Waals surface area contributed by atoms with Crippen LogP contribution in [0.4, 0.5) is 0 Å². The largest absolute Gasteiger partial charge is 0.338 e. The van der Waals surface area contributed by atoms with Crippen LogP contribution in [0.5, 0.6) is 0 Å². The van der Waals surface area contributed by atoms with Gasteiger partial charge in [-0.25, -0.2) is 0 Å². The van der Waals surface area contributed by atoms with Crippen molar-refractivity contribution in [2.45, 2.75) is 31.8 Å². The van der Waals surface area contributed by atoms with Crippen molar-refractivity contribution in [1.29, 1.82) is 0 Å². The van der Waals surface area contributed by atoms with Crippen molar-refractivity contribution in [2.24, 2.45) is 0 Å². The van der Waals surface area contributed by atoms with Crippen molar-refractivity contribution in [3.63, 3.8) is 0 Å². The predicted octanol–water partition coefficient (Wildman–Crippen LogP) is 2.29. The Bertz CT molecular complexity index is 568. The molecule has 1 aromatic carbocycles. The van der Waals surface area contributed by atoms with E-state index in [1.807, 2.05) is 30.3 Å². The maximum Gasteiger partial charge on any atom is 0.241 e. The minimum Gasteiger partial charge on any atom is -0.338 e. The lowest BCUT2D eigenvalue weighted by Gasteiger charge is -2.30. The van der Waals surface area contributed by atoms with E-state index in [0.717, 1.165) is 37.7 Å². The summed E-state index contributed by atoms with van der Waals surface area (Å²) < 4.78 is 5.30. The zero-order valence-corrected chi connectivity index (χ0v) is 11.2. The van der Waals surface area contributed by atoms with Gasteiger partial charge in [0.2, 0.25) is 11.7 Å². The van der Waals surface area contributed by atoms with Crippen LogP contribution in [0.15, 0.2) is 34.9 Å². The Balaban J connectivity index is 1.72. The number of hydrogen-bond acceptors (Lipinski definition) is 5. The zero-order valence-electron chi connectivity index (χ0n) is 11.2. The molecule has 0 aliphatic carbocycles. The molecule has 5 nitrogen and oxygen atoms in total. The predicted molar refractivity (Wildman–Crippen MR) is 73.8 cm³/mol. The van der Waals surface area contributed by atoms with E-state index >= 15 is 0 Å². The second-order valence-corrected chi connectivity index (χ2v) is 5.05. The molecule has 0 amide bonds. The second kappa shape index (κ2) is 5.96. The van der Waals surface area contributed by atoms with Crippen LogP contribution in [-0.2, 0) is 11.3 Å². The molecular weight excluding hydrogens is 254 g/mol. The molecule has 1 aliphatic heterocycles. The van der Waals surface area contributed by atoms with E-state index in [0.29, 0.717) is 18.3 Å². The van der Waals surface area contributed by atoms with E-state index in [-0.39, 0.29) is 6.04 Å². The van der Waals surface area contributed by atoms with Gasteiger partial charge in [-0.1, -0.05) is 41.9 Å². The highest BCUT2D eigenvalue weighted by molar-refractivity contribution is 5.57. The van der Waals surface area contributed by atoms with Crippen LogP contribution in [0.25, 0.3) is 11.4 Å². The summed E-state index contributed by atoms with van der Waals surface area (Å²) in [6.45, 7) is 1.45. The first-order valence-corrected chi connectivity index (χ1v) is 6.94. The van der Waals surface area contributed by atoms with Crippen LogP contribution in [0, 0.1) is 0 Å². The van der Waals surface area contributed by atoms with Crippen molar-refractivity contribution in [3.05, 3.63) is 36.2 Å². The van der Waals surface area contributed by atoms with Crippen molar-refractivity contribution < 1.29 is 9.32 Å².